The molecule has 0 aliphatic rings. The number of benzene rings is 2. The summed E-state index contributed by atoms with van der Waals surface area (Å²) in [5, 5.41) is 15.5. The average molecular weight is 270 g/mol. The quantitative estimate of drug-likeness (QED) is 0.783. The van der Waals surface area contributed by atoms with E-state index in [1.165, 1.54) is 0 Å². The van der Waals surface area contributed by atoms with Gasteiger partial charge in [-0.1, -0.05) is 36.4 Å². The van der Waals surface area contributed by atoms with Crippen molar-refractivity contribution in [3.05, 3.63) is 60.2 Å². The Labute approximate surface area is 118 Å². The lowest BCUT2D eigenvalue weighted by Crippen LogP contribution is -2.22. The molecule has 0 aliphatic heterocycles. The standard InChI is InChI=1S/C16H18N2O2/c1-12(19)14-9-5-6-10-15(14)18-16(20)11-17-13-7-3-2-4-8-13/h2-10,12,17,19H,11H2,1H3,(H,18,20). The van der Waals surface area contributed by atoms with Gasteiger partial charge in [0.2, 0.25) is 5.91 Å². The van der Waals surface area contributed by atoms with E-state index in [0.717, 1.165) is 5.69 Å². The van der Waals surface area contributed by atoms with Gasteiger partial charge in [-0.15, -0.1) is 0 Å². The maximum absolute atomic E-state index is 11.9. The van der Waals surface area contributed by atoms with E-state index < -0.39 is 6.10 Å². The highest BCUT2D eigenvalue weighted by atomic mass is 16.3. The maximum atomic E-state index is 11.9. The number of carbonyl (C=O) groups excluding carboxylic acids is 1. The van der Waals surface area contributed by atoms with Crippen molar-refractivity contribution in [3.8, 4) is 0 Å². The van der Waals surface area contributed by atoms with Crippen LogP contribution in [-0.4, -0.2) is 17.6 Å². The number of rotatable bonds is 5. The van der Waals surface area contributed by atoms with Crippen LogP contribution in [0.15, 0.2) is 54.6 Å². The summed E-state index contributed by atoms with van der Waals surface area (Å²) in [4.78, 5) is 11.9. The first kappa shape index (κ1) is 14.1. The molecule has 0 saturated carbocycles. The van der Waals surface area contributed by atoms with E-state index >= 15 is 0 Å². The molecule has 1 amide bonds. The first-order valence-corrected chi connectivity index (χ1v) is 6.52. The predicted octanol–water partition coefficient (Wildman–Crippen LogP) is 2.79. The lowest BCUT2D eigenvalue weighted by molar-refractivity contribution is -0.114. The molecular weight excluding hydrogens is 252 g/mol. The van der Waals surface area contributed by atoms with Crippen molar-refractivity contribution in [1.29, 1.82) is 0 Å². The van der Waals surface area contributed by atoms with Gasteiger partial charge in [-0.05, 0) is 25.1 Å². The molecule has 2 rings (SSSR count). The minimum absolute atomic E-state index is 0.151. The molecule has 1 atom stereocenters. The van der Waals surface area contributed by atoms with Gasteiger partial charge in [0.25, 0.3) is 0 Å². The Bertz CT molecular complexity index is 568. The van der Waals surface area contributed by atoms with Gasteiger partial charge in [0.15, 0.2) is 0 Å². The molecule has 0 saturated heterocycles. The third-order valence-corrected chi connectivity index (χ3v) is 2.91. The van der Waals surface area contributed by atoms with Crippen molar-refractivity contribution < 1.29 is 9.90 Å². The van der Waals surface area contributed by atoms with Crippen molar-refractivity contribution in [2.45, 2.75) is 13.0 Å². The van der Waals surface area contributed by atoms with Crippen LogP contribution in [0.2, 0.25) is 0 Å². The predicted molar refractivity (Wildman–Crippen MR) is 80.6 cm³/mol. The summed E-state index contributed by atoms with van der Waals surface area (Å²) in [5.74, 6) is -0.151. The Morgan fingerprint density at radius 1 is 1.10 bits per heavy atom. The molecule has 0 bridgehead atoms. The van der Waals surface area contributed by atoms with Crippen LogP contribution in [0.3, 0.4) is 0 Å². The van der Waals surface area contributed by atoms with Gasteiger partial charge in [-0.25, -0.2) is 0 Å². The molecule has 4 heteroatoms. The van der Waals surface area contributed by atoms with Crippen LogP contribution >= 0.6 is 0 Å². The number of carbonyl (C=O) groups is 1. The van der Waals surface area contributed by atoms with Crippen LogP contribution in [0.1, 0.15) is 18.6 Å². The van der Waals surface area contributed by atoms with Crippen LogP contribution in [0.25, 0.3) is 0 Å². The molecule has 0 aromatic heterocycles. The van der Waals surface area contributed by atoms with Crippen molar-refractivity contribution in [3.63, 3.8) is 0 Å². The highest BCUT2D eigenvalue weighted by molar-refractivity contribution is 5.94. The van der Waals surface area contributed by atoms with E-state index in [-0.39, 0.29) is 12.5 Å². The van der Waals surface area contributed by atoms with E-state index in [4.69, 9.17) is 0 Å². The normalized spacial score (nSPS) is 11.7. The topological polar surface area (TPSA) is 61.4 Å². The molecule has 2 aromatic carbocycles. The zero-order valence-corrected chi connectivity index (χ0v) is 11.3. The molecule has 0 heterocycles. The molecule has 20 heavy (non-hydrogen) atoms. The monoisotopic (exact) mass is 270 g/mol. The zero-order chi connectivity index (χ0) is 14.4. The largest absolute Gasteiger partial charge is 0.389 e. The highest BCUT2D eigenvalue weighted by Crippen LogP contribution is 2.21. The molecule has 1 unspecified atom stereocenters. The van der Waals surface area contributed by atoms with Gasteiger partial charge in [0.05, 0.1) is 12.6 Å². The third-order valence-electron chi connectivity index (χ3n) is 2.91. The summed E-state index contributed by atoms with van der Waals surface area (Å²) in [7, 11) is 0. The number of aliphatic hydroxyl groups excluding tert-OH is 1. The minimum Gasteiger partial charge on any atom is -0.389 e. The van der Waals surface area contributed by atoms with Crippen LogP contribution in [0.4, 0.5) is 11.4 Å². The van der Waals surface area contributed by atoms with E-state index in [0.29, 0.717) is 11.3 Å². The molecule has 3 N–H and O–H groups in total. The first-order valence-electron chi connectivity index (χ1n) is 6.52. The van der Waals surface area contributed by atoms with Gasteiger partial charge < -0.3 is 15.7 Å². The van der Waals surface area contributed by atoms with Crippen molar-refractivity contribution in [2.24, 2.45) is 0 Å². The molecular formula is C16H18N2O2. The summed E-state index contributed by atoms with van der Waals surface area (Å²) in [5.41, 5.74) is 2.24. The van der Waals surface area contributed by atoms with Gasteiger partial charge in [-0.2, -0.15) is 0 Å². The third kappa shape index (κ3) is 3.83. The second-order valence-corrected chi connectivity index (χ2v) is 4.53. The summed E-state index contributed by atoms with van der Waals surface area (Å²) in [6.45, 7) is 1.85. The fraction of sp³-hybridized carbons (Fsp3) is 0.188. The van der Waals surface area contributed by atoms with Crippen LogP contribution < -0.4 is 10.6 Å². The van der Waals surface area contributed by atoms with Crippen molar-refractivity contribution in [2.75, 3.05) is 17.2 Å². The molecule has 104 valence electrons. The highest BCUT2D eigenvalue weighted by Gasteiger charge is 2.09. The molecule has 0 aliphatic carbocycles. The van der Waals surface area contributed by atoms with Gasteiger partial charge >= 0.3 is 0 Å². The molecule has 2 aromatic rings. The van der Waals surface area contributed by atoms with Gasteiger partial charge in [0.1, 0.15) is 0 Å². The molecule has 0 spiro atoms. The Hall–Kier alpha value is -2.33. The number of aliphatic hydroxyl groups is 1. The van der Waals surface area contributed by atoms with Crippen molar-refractivity contribution >= 4 is 17.3 Å². The summed E-state index contributed by atoms with van der Waals surface area (Å²) in [6.07, 6.45) is -0.617. The molecule has 4 nitrogen and oxygen atoms in total. The number of hydrogen-bond acceptors (Lipinski definition) is 3. The number of hydrogen-bond donors (Lipinski definition) is 3. The number of nitrogens with one attached hydrogen (secondary N) is 2. The number of amides is 1. The SMILES string of the molecule is CC(O)c1ccccc1NC(=O)CNc1ccccc1. The van der Waals surface area contributed by atoms with Crippen LogP contribution in [0.5, 0.6) is 0 Å². The smallest absolute Gasteiger partial charge is 0.243 e. The lowest BCUT2D eigenvalue weighted by Gasteiger charge is -2.13. The van der Waals surface area contributed by atoms with Crippen LogP contribution in [0, 0.1) is 0 Å². The fourth-order valence-corrected chi connectivity index (χ4v) is 1.91. The Morgan fingerprint density at radius 3 is 2.45 bits per heavy atom. The van der Waals surface area contributed by atoms with Gasteiger partial charge in [-0.3, -0.25) is 4.79 Å². The second-order valence-electron chi connectivity index (χ2n) is 4.53. The molecule has 0 radical (unpaired) electrons. The lowest BCUT2D eigenvalue weighted by atomic mass is 10.1. The fourth-order valence-electron chi connectivity index (χ4n) is 1.91. The summed E-state index contributed by atoms with van der Waals surface area (Å²) >= 11 is 0. The van der Waals surface area contributed by atoms with E-state index in [9.17, 15) is 9.90 Å². The average Bonchev–Trinajstić information content (AvgIpc) is 2.46. The van der Waals surface area contributed by atoms with Crippen molar-refractivity contribution in [1.82, 2.24) is 0 Å². The van der Waals surface area contributed by atoms with E-state index in [2.05, 4.69) is 10.6 Å². The van der Waals surface area contributed by atoms with E-state index in [1.54, 1.807) is 19.1 Å². The first-order chi connectivity index (χ1) is 9.66. The minimum atomic E-state index is -0.617. The Morgan fingerprint density at radius 2 is 1.75 bits per heavy atom. The number of anilines is 2. The summed E-state index contributed by atoms with van der Waals surface area (Å²) < 4.78 is 0. The molecule has 0 fully saturated rings. The van der Waals surface area contributed by atoms with Crippen LogP contribution in [-0.2, 0) is 4.79 Å². The second kappa shape index (κ2) is 6.73. The van der Waals surface area contributed by atoms with Gasteiger partial charge in [0, 0.05) is 16.9 Å². The maximum Gasteiger partial charge on any atom is 0.243 e. The number of para-hydroxylation sites is 2. The van der Waals surface area contributed by atoms with E-state index in [1.807, 2.05) is 42.5 Å². The zero-order valence-electron chi connectivity index (χ0n) is 11.3. The Kier molecular flexibility index (Phi) is 4.74. The Balaban J connectivity index is 1.95. The summed E-state index contributed by atoms with van der Waals surface area (Å²) in [6, 6.07) is 16.8.